The van der Waals surface area contributed by atoms with Gasteiger partial charge in [-0.1, -0.05) is 18.2 Å². The Morgan fingerprint density at radius 2 is 2.00 bits per heavy atom. The molecule has 2 N–H and O–H groups in total. The van der Waals surface area contributed by atoms with E-state index in [1.807, 2.05) is 6.92 Å². The van der Waals surface area contributed by atoms with Gasteiger partial charge in [-0.3, -0.25) is 0 Å². The highest BCUT2D eigenvalue weighted by Gasteiger charge is 2.03. The highest BCUT2D eigenvalue weighted by atomic mass is 32.1. The predicted octanol–water partition coefficient (Wildman–Crippen LogP) is 3.74. The summed E-state index contributed by atoms with van der Waals surface area (Å²) in [6.07, 6.45) is 0. The van der Waals surface area contributed by atoms with E-state index < -0.39 is 0 Å². The number of hydrogen-bond acceptors (Lipinski definition) is 2. The average molecular weight is 217 g/mol. The summed E-state index contributed by atoms with van der Waals surface area (Å²) >= 11 is 1.78. The van der Waals surface area contributed by atoms with E-state index in [9.17, 15) is 0 Å². The fourth-order valence-corrected chi connectivity index (χ4v) is 2.31. The first-order valence-electron chi connectivity index (χ1n) is 5.08. The SMILES string of the molecule is Cc1cc(-c2cccc(C(C)N)c2)cs1. The van der Waals surface area contributed by atoms with E-state index in [0.29, 0.717) is 0 Å². The van der Waals surface area contributed by atoms with Gasteiger partial charge in [-0.05, 0) is 48.1 Å². The van der Waals surface area contributed by atoms with Crippen molar-refractivity contribution in [1.82, 2.24) is 0 Å². The molecule has 1 aromatic carbocycles. The van der Waals surface area contributed by atoms with Gasteiger partial charge in [-0.15, -0.1) is 11.3 Å². The molecule has 0 aliphatic rings. The summed E-state index contributed by atoms with van der Waals surface area (Å²) in [6, 6.07) is 10.8. The maximum absolute atomic E-state index is 5.87. The van der Waals surface area contributed by atoms with Crippen molar-refractivity contribution < 1.29 is 0 Å². The lowest BCUT2D eigenvalue weighted by Gasteiger charge is -2.07. The molecule has 78 valence electrons. The van der Waals surface area contributed by atoms with Crippen LogP contribution in [0.3, 0.4) is 0 Å². The van der Waals surface area contributed by atoms with Crippen LogP contribution in [0.25, 0.3) is 11.1 Å². The van der Waals surface area contributed by atoms with Gasteiger partial charge in [-0.2, -0.15) is 0 Å². The monoisotopic (exact) mass is 217 g/mol. The maximum Gasteiger partial charge on any atom is 0.0266 e. The van der Waals surface area contributed by atoms with Crippen molar-refractivity contribution in [2.75, 3.05) is 0 Å². The van der Waals surface area contributed by atoms with Crippen LogP contribution in [-0.2, 0) is 0 Å². The van der Waals surface area contributed by atoms with Gasteiger partial charge < -0.3 is 5.73 Å². The van der Waals surface area contributed by atoms with Crippen molar-refractivity contribution in [1.29, 1.82) is 0 Å². The number of nitrogens with two attached hydrogens (primary N) is 1. The van der Waals surface area contributed by atoms with E-state index in [-0.39, 0.29) is 6.04 Å². The largest absolute Gasteiger partial charge is 0.324 e. The molecule has 1 unspecified atom stereocenters. The lowest BCUT2D eigenvalue weighted by molar-refractivity contribution is 0.819. The molecule has 1 nitrogen and oxygen atoms in total. The van der Waals surface area contributed by atoms with Crippen LogP contribution in [0.15, 0.2) is 35.7 Å². The van der Waals surface area contributed by atoms with Gasteiger partial charge >= 0.3 is 0 Å². The number of benzene rings is 1. The molecule has 0 spiro atoms. The quantitative estimate of drug-likeness (QED) is 0.814. The Morgan fingerprint density at radius 3 is 2.60 bits per heavy atom. The smallest absolute Gasteiger partial charge is 0.0266 e. The van der Waals surface area contributed by atoms with Gasteiger partial charge in [0.1, 0.15) is 0 Å². The number of hydrogen-bond donors (Lipinski definition) is 1. The molecule has 0 saturated carbocycles. The van der Waals surface area contributed by atoms with Gasteiger partial charge in [0.15, 0.2) is 0 Å². The van der Waals surface area contributed by atoms with E-state index in [1.54, 1.807) is 11.3 Å². The normalized spacial score (nSPS) is 12.7. The first kappa shape index (κ1) is 10.4. The van der Waals surface area contributed by atoms with Crippen LogP contribution in [0, 0.1) is 6.92 Å². The van der Waals surface area contributed by atoms with Crippen molar-refractivity contribution >= 4 is 11.3 Å². The summed E-state index contributed by atoms with van der Waals surface area (Å²) in [4.78, 5) is 1.34. The predicted molar refractivity (Wildman–Crippen MR) is 67.1 cm³/mol. The Morgan fingerprint density at radius 1 is 1.20 bits per heavy atom. The first-order valence-corrected chi connectivity index (χ1v) is 5.96. The zero-order chi connectivity index (χ0) is 10.8. The minimum atomic E-state index is 0.102. The van der Waals surface area contributed by atoms with Crippen LogP contribution in [0.1, 0.15) is 23.4 Å². The number of aryl methyl sites for hydroxylation is 1. The van der Waals surface area contributed by atoms with Gasteiger partial charge in [-0.25, -0.2) is 0 Å². The van der Waals surface area contributed by atoms with Crippen molar-refractivity contribution in [3.8, 4) is 11.1 Å². The molecule has 2 rings (SSSR count). The van der Waals surface area contributed by atoms with Gasteiger partial charge in [0, 0.05) is 10.9 Å². The molecular formula is C13H15NS. The first-order chi connectivity index (χ1) is 7.16. The molecule has 0 aliphatic heterocycles. The molecule has 2 aromatic rings. The highest BCUT2D eigenvalue weighted by molar-refractivity contribution is 7.10. The molecule has 0 aliphatic carbocycles. The lowest BCUT2D eigenvalue weighted by Crippen LogP contribution is -2.04. The van der Waals surface area contributed by atoms with Crippen LogP contribution < -0.4 is 5.73 Å². The van der Waals surface area contributed by atoms with Crippen LogP contribution >= 0.6 is 11.3 Å². The zero-order valence-corrected chi connectivity index (χ0v) is 9.84. The van der Waals surface area contributed by atoms with E-state index in [4.69, 9.17) is 5.73 Å². The van der Waals surface area contributed by atoms with E-state index >= 15 is 0 Å². The average Bonchev–Trinajstić information content (AvgIpc) is 2.65. The molecule has 0 bridgehead atoms. The molecule has 1 atom stereocenters. The van der Waals surface area contributed by atoms with Gasteiger partial charge in [0.25, 0.3) is 0 Å². The van der Waals surface area contributed by atoms with Crippen LogP contribution in [0.5, 0.6) is 0 Å². The molecule has 1 heterocycles. The Labute approximate surface area is 94.6 Å². The van der Waals surface area contributed by atoms with Crippen LogP contribution in [0.4, 0.5) is 0 Å². The molecule has 0 amide bonds. The minimum Gasteiger partial charge on any atom is -0.324 e. The Bertz CT molecular complexity index is 457. The fourth-order valence-electron chi connectivity index (χ4n) is 1.60. The second-order valence-corrected chi connectivity index (χ2v) is 4.98. The summed E-state index contributed by atoms with van der Waals surface area (Å²) < 4.78 is 0. The maximum atomic E-state index is 5.87. The number of thiophene rings is 1. The van der Waals surface area contributed by atoms with Gasteiger partial charge in [0.05, 0.1) is 0 Å². The minimum absolute atomic E-state index is 0.102. The van der Waals surface area contributed by atoms with Crippen molar-refractivity contribution in [3.05, 3.63) is 46.2 Å². The molecular weight excluding hydrogens is 202 g/mol. The van der Waals surface area contributed by atoms with Crippen molar-refractivity contribution in [2.24, 2.45) is 5.73 Å². The van der Waals surface area contributed by atoms with E-state index in [0.717, 1.165) is 0 Å². The topological polar surface area (TPSA) is 26.0 Å². The lowest BCUT2D eigenvalue weighted by atomic mass is 10.0. The van der Waals surface area contributed by atoms with Crippen LogP contribution in [-0.4, -0.2) is 0 Å². The third-order valence-electron chi connectivity index (χ3n) is 2.48. The van der Waals surface area contributed by atoms with E-state index in [1.165, 1.54) is 21.6 Å². The molecule has 0 radical (unpaired) electrons. The van der Waals surface area contributed by atoms with Crippen molar-refractivity contribution in [2.45, 2.75) is 19.9 Å². The molecule has 1 aromatic heterocycles. The standard InChI is InChI=1S/C13H15NS/c1-9-6-13(8-15-9)12-5-3-4-11(7-12)10(2)14/h3-8,10H,14H2,1-2H3. The summed E-state index contributed by atoms with van der Waals surface area (Å²) in [6.45, 7) is 4.14. The third kappa shape index (κ3) is 2.28. The summed E-state index contributed by atoms with van der Waals surface area (Å²) in [5, 5.41) is 2.19. The van der Waals surface area contributed by atoms with Crippen LogP contribution in [0.2, 0.25) is 0 Å². The molecule has 2 heteroatoms. The Hall–Kier alpha value is -1.12. The molecule has 15 heavy (non-hydrogen) atoms. The summed E-state index contributed by atoms with van der Waals surface area (Å²) in [7, 11) is 0. The second kappa shape index (κ2) is 4.17. The summed E-state index contributed by atoms with van der Waals surface area (Å²) in [5.41, 5.74) is 9.61. The van der Waals surface area contributed by atoms with Gasteiger partial charge in [0.2, 0.25) is 0 Å². The highest BCUT2D eigenvalue weighted by Crippen LogP contribution is 2.26. The summed E-state index contributed by atoms with van der Waals surface area (Å²) in [5.74, 6) is 0. The Kier molecular flexibility index (Phi) is 2.89. The van der Waals surface area contributed by atoms with Crippen molar-refractivity contribution in [3.63, 3.8) is 0 Å². The Balaban J connectivity index is 2.41. The third-order valence-corrected chi connectivity index (χ3v) is 3.34. The zero-order valence-electron chi connectivity index (χ0n) is 9.03. The van der Waals surface area contributed by atoms with E-state index in [2.05, 4.69) is 42.6 Å². The fraction of sp³-hybridized carbons (Fsp3) is 0.231. The second-order valence-electron chi connectivity index (χ2n) is 3.86. The number of rotatable bonds is 2. The molecule has 0 saturated heterocycles. The molecule has 0 fully saturated rings.